The minimum atomic E-state index is -0.141. The van der Waals surface area contributed by atoms with Crippen LogP contribution in [0, 0.1) is 0 Å². The summed E-state index contributed by atoms with van der Waals surface area (Å²) >= 11 is 1.49. The molecule has 2 aromatic rings. The fraction of sp³-hybridized carbons (Fsp3) is 0.200. The highest BCUT2D eigenvalue weighted by atomic mass is 32.2. The molecule has 5 nitrogen and oxygen atoms in total. The molecule has 0 saturated carbocycles. The molecule has 1 aromatic carbocycles. The minimum Gasteiger partial charge on any atom is -0.497 e. The summed E-state index contributed by atoms with van der Waals surface area (Å²) in [5.41, 5.74) is 5.02. The Morgan fingerprint density at radius 2 is 2.05 bits per heavy atom. The molecule has 1 atom stereocenters. The van der Waals surface area contributed by atoms with Gasteiger partial charge in [0.05, 0.1) is 13.4 Å². The Morgan fingerprint density at radius 1 is 1.24 bits per heavy atom. The van der Waals surface area contributed by atoms with Crippen molar-refractivity contribution in [2.45, 2.75) is 6.04 Å². The Kier molecular flexibility index (Phi) is 3.96. The number of rotatable bonds is 3. The van der Waals surface area contributed by atoms with Gasteiger partial charge in [-0.05, 0) is 36.1 Å². The van der Waals surface area contributed by atoms with Crippen molar-refractivity contribution in [3.8, 4) is 5.75 Å². The number of hydrogen-bond donors (Lipinski definition) is 1. The lowest BCUT2D eigenvalue weighted by molar-refractivity contribution is 0.414. The molecule has 1 unspecified atom stereocenters. The Hall–Kier alpha value is -2.21. The number of aliphatic imine (C=N–C) groups is 1. The number of amidine groups is 1. The van der Waals surface area contributed by atoms with E-state index in [0.717, 1.165) is 22.8 Å². The molecule has 0 spiro atoms. The van der Waals surface area contributed by atoms with Crippen LogP contribution in [0.15, 0.2) is 57.2 Å². The van der Waals surface area contributed by atoms with Gasteiger partial charge in [-0.2, -0.15) is 5.10 Å². The zero-order valence-electron chi connectivity index (χ0n) is 11.7. The average molecular weight is 301 g/mol. The Bertz CT molecular complexity index is 663. The van der Waals surface area contributed by atoms with Crippen molar-refractivity contribution < 1.29 is 9.15 Å². The van der Waals surface area contributed by atoms with E-state index >= 15 is 0 Å². The van der Waals surface area contributed by atoms with Crippen LogP contribution in [0.2, 0.25) is 0 Å². The first-order chi connectivity index (χ1) is 10.3. The summed E-state index contributed by atoms with van der Waals surface area (Å²) in [4.78, 5) is 4.59. The molecule has 1 N–H and O–H groups in total. The summed E-state index contributed by atoms with van der Waals surface area (Å²) in [5.74, 6) is 1.56. The summed E-state index contributed by atoms with van der Waals surface area (Å²) in [6.07, 6.45) is 3.59. The Labute approximate surface area is 127 Å². The highest BCUT2D eigenvalue weighted by molar-refractivity contribution is 8.13. The molecule has 2 heterocycles. The molecule has 0 amide bonds. The van der Waals surface area contributed by atoms with Gasteiger partial charge in [0, 0.05) is 0 Å². The number of hydrazone groups is 1. The molecule has 1 aliphatic heterocycles. The maximum atomic E-state index is 5.50. The highest BCUT2D eigenvalue weighted by Crippen LogP contribution is 2.25. The normalized spacial score (nSPS) is 17.7. The predicted octanol–water partition coefficient (Wildman–Crippen LogP) is 3.06. The van der Waals surface area contributed by atoms with Crippen molar-refractivity contribution in [2.24, 2.45) is 10.1 Å². The summed E-state index contributed by atoms with van der Waals surface area (Å²) < 4.78 is 10.7. The first-order valence-electron chi connectivity index (χ1n) is 6.45. The summed E-state index contributed by atoms with van der Waals surface area (Å²) in [6.45, 7) is 0. The average Bonchev–Trinajstić information content (AvgIpc) is 3.09. The van der Waals surface area contributed by atoms with Gasteiger partial charge in [-0.1, -0.05) is 23.9 Å². The maximum absolute atomic E-state index is 5.50. The van der Waals surface area contributed by atoms with E-state index in [4.69, 9.17) is 9.15 Å². The number of thioether (sulfide) groups is 1. The zero-order valence-corrected chi connectivity index (χ0v) is 12.6. The van der Waals surface area contributed by atoms with Crippen LogP contribution in [0.1, 0.15) is 17.4 Å². The third kappa shape index (κ3) is 2.80. The van der Waals surface area contributed by atoms with Gasteiger partial charge in [0.25, 0.3) is 0 Å². The molecule has 21 heavy (non-hydrogen) atoms. The summed E-state index contributed by atoms with van der Waals surface area (Å²) in [5, 5.41) is 4.96. The van der Waals surface area contributed by atoms with Crippen molar-refractivity contribution in [3.05, 3.63) is 54.0 Å². The maximum Gasteiger partial charge on any atom is 0.206 e. The fourth-order valence-corrected chi connectivity index (χ4v) is 2.45. The smallest absolute Gasteiger partial charge is 0.206 e. The number of methoxy groups -OCH3 is 1. The topological polar surface area (TPSA) is 59.1 Å². The molecular formula is C15H15N3O2S. The molecule has 1 aliphatic rings. The lowest BCUT2D eigenvalue weighted by atomic mass is 10.0. The van der Waals surface area contributed by atoms with Crippen LogP contribution >= 0.6 is 11.8 Å². The molecule has 0 bridgehead atoms. The van der Waals surface area contributed by atoms with E-state index in [-0.39, 0.29) is 6.04 Å². The van der Waals surface area contributed by atoms with Gasteiger partial charge in [-0.15, -0.1) is 0 Å². The number of benzene rings is 1. The SMILES string of the molecule is COc1ccc(C2NN=C(SC)N=C2c2ccco2)cc1. The van der Waals surface area contributed by atoms with Crippen molar-refractivity contribution >= 4 is 22.6 Å². The van der Waals surface area contributed by atoms with Crippen molar-refractivity contribution in [1.82, 2.24) is 5.43 Å². The molecule has 108 valence electrons. The van der Waals surface area contributed by atoms with E-state index < -0.39 is 0 Å². The van der Waals surface area contributed by atoms with Crippen LogP contribution in [0.25, 0.3) is 0 Å². The van der Waals surface area contributed by atoms with E-state index in [2.05, 4.69) is 15.5 Å². The molecule has 1 aromatic heterocycles. The second-order valence-corrected chi connectivity index (χ2v) is 5.18. The van der Waals surface area contributed by atoms with Gasteiger partial charge in [-0.25, -0.2) is 4.99 Å². The quantitative estimate of drug-likeness (QED) is 0.946. The van der Waals surface area contributed by atoms with Gasteiger partial charge >= 0.3 is 0 Å². The lowest BCUT2D eigenvalue weighted by Crippen LogP contribution is -2.30. The van der Waals surface area contributed by atoms with Crippen LogP contribution in [-0.4, -0.2) is 24.2 Å². The van der Waals surface area contributed by atoms with Crippen LogP contribution in [0.4, 0.5) is 0 Å². The van der Waals surface area contributed by atoms with Crippen LogP contribution in [-0.2, 0) is 0 Å². The van der Waals surface area contributed by atoms with Crippen LogP contribution in [0.5, 0.6) is 5.75 Å². The minimum absolute atomic E-state index is 0.141. The zero-order chi connectivity index (χ0) is 14.7. The molecular weight excluding hydrogens is 286 g/mol. The standard InChI is InChI=1S/C15H15N3O2S/c1-19-11-7-5-10(6-8-11)13-14(12-4-3-9-20-12)16-15(21-2)18-17-13/h3-9,13,17H,1-2H3. The third-order valence-corrected chi connectivity index (χ3v) is 3.73. The third-order valence-electron chi connectivity index (χ3n) is 3.18. The lowest BCUT2D eigenvalue weighted by Gasteiger charge is -2.22. The largest absolute Gasteiger partial charge is 0.497 e. The van der Waals surface area contributed by atoms with Crippen molar-refractivity contribution in [1.29, 1.82) is 0 Å². The molecule has 3 rings (SSSR count). The van der Waals surface area contributed by atoms with Gasteiger partial charge in [0.15, 0.2) is 5.76 Å². The number of hydrogen-bond acceptors (Lipinski definition) is 6. The monoisotopic (exact) mass is 301 g/mol. The predicted molar refractivity (Wildman–Crippen MR) is 85.1 cm³/mol. The van der Waals surface area contributed by atoms with E-state index in [1.165, 1.54) is 11.8 Å². The van der Waals surface area contributed by atoms with Crippen LogP contribution < -0.4 is 10.2 Å². The van der Waals surface area contributed by atoms with E-state index in [1.54, 1.807) is 13.4 Å². The number of ether oxygens (including phenoxy) is 1. The van der Waals surface area contributed by atoms with Gasteiger partial charge in [-0.3, -0.25) is 5.43 Å². The molecule has 0 saturated heterocycles. The summed E-state index contributed by atoms with van der Waals surface area (Å²) in [7, 11) is 1.65. The first-order valence-corrected chi connectivity index (χ1v) is 7.68. The van der Waals surface area contributed by atoms with E-state index in [0.29, 0.717) is 5.17 Å². The van der Waals surface area contributed by atoms with Crippen molar-refractivity contribution in [2.75, 3.05) is 13.4 Å². The van der Waals surface area contributed by atoms with Gasteiger partial charge in [0.1, 0.15) is 17.5 Å². The molecule has 0 aliphatic carbocycles. The molecule has 6 heteroatoms. The van der Waals surface area contributed by atoms with E-state index in [9.17, 15) is 0 Å². The summed E-state index contributed by atoms with van der Waals surface area (Å²) in [6, 6.07) is 11.4. The second-order valence-electron chi connectivity index (χ2n) is 4.41. The fourth-order valence-electron chi connectivity index (χ4n) is 2.12. The highest BCUT2D eigenvalue weighted by Gasteiger charge is 2.25. The Balaban J connectivity index is 1.97. The second kappa shape index (κ2) is 6.05. The number of furan rings is 1. The van der Waals surface area contributed by atoms with Gasteiger partial charge in [0.2, 0.25) is 5.17 Å². The van der Waals surface area contributed by atoms with Crippen LogP contribution in [0.3, 0.4) is 0 Å². The first kappa shape index (κ1) is 13.8. The molecule has 0 fully saturated rings. The number of nitrogens with zero attached hydrogens (tertiary/aromatic N) is 2. The molecule has 0 radical (unpaired) electrons. The Morgan fingerprint density at radius 3 is 2.67 bits per heavy atom. The van der Waals surface area contributed by atoms with Crippen molar-refractivity contribution in [3.63, 3.8) is 0 Å². The number of nitrogens with one attached hydrogen (secondary N) is 1. The van der Waals surface area contributed by atoms with E-state index in [1.807, 2.05) is 42.7 Å². The van der Waals surface area contributed by atoms with Gasteiger partial charge < -0.3 is 9.15 Å².